The molecule has 0 radical (unpaired) electrons. The largest absolute Gasteiger partial charge is 0.299 e. The summed E-state index contributed by atoms with van der Waals surface area (Å²) in [5.41, 5.74) is 0. The molecular formula is C10H13N3O3. The van der Waals surface area contributed by atoms with Crippen molar-refractivity contribution >= 4 is 17.9 Å². The second kappa shape index (κ2) is 5.89. The number of hydrogen-bond acceptors (Lipinski definition) is 4. The van der Waals surface area contributed by atoms with E-state index in [2.05, 4.69) is 10.3 Å². The fraction of sp³-hybridized carbons (Fsp3) is 0.500. The predicted molar refractivity (Wildman–Crippen MR) is 58.8 cm³/mol. The zero-order chi connectivity index (χ0) is 12.0. The standard InChI is InChI=1S/C10H13N3O3/c1-13(12-16)6-2-3-9(14)8-4-5-10(15)11-7-8/h4-5,7-8H,2-3,6H2,1H3. The van der Waals surface area contributed by atoms with E-state index in [0.29, 0.717) is 19.4 Å². The van der Waals surface area contributed by atoms with Crippen molar-refractivity contribution in [3.05, 3.63) is 17.1 Å². The number of nitroso groups, excluding NO2 is 1. The molecule has 0 fully saturated rings. The second-order valence-corrected chi connectivity index (χ2v) is 3.53. The van der Waals surface area contributed by atoms with E-state index in [1.54, 1.807) is 13.1 Å². The lowest BCUT2D eigenvalue weighted by Crippen LogP contribution is -2.19. The average Bonchev–Trinajstić information content (AvgIpc) is 2.29. The Morgan fingerprint density at radius 3 is 2.94 bits per heavy atom. The van der Waals surface area contributed by atoms with Gasteiger partial charge in [-0.2, -0.15) is 0 Å². The third kappa shape index (κ3) is 3.72. The number of dihydropyridines is 1. The summed E-state index contributed by atoms with van der Waals surface area (Å²) >= 11 is 0. The van der Waals surface area contributed by atoms with Crippen molar-refractivity contribution < 1.29 is 9.59 Å². The fourth-order valence-electron chi connectivity index (χ4n) is 1.31. The third-order valence-corrected chi connectivity index (χ3v) is 2.22. The molecule has 0 saturated carbocycles. The number of Topliss-reactive ketones (excluding diaryl/α,β-unsaturated/α-hetero) is 1. The van der Waals surface area contributed by atoms with Gasteiger partial charge in [0.25, 0.3) is 5.91 Å². The molecule has 1 unspecified atom stereocenters. The lowest BCUT2D eigenvalue weighted by atomic mass is 9.99. The molecule has 1 amide bonds. The minimum absolute atomic E-state index is 0.00759. The average molecular weight is 223 g/mol. The minimum Gasteiger partial charge on any atom is -0.299 e. The van der Waals surface area contributed by atoms with Crippen molar-refractivity contribution in [1.29, 1.82) is 0 Å². The lowest BCUT2D eigenvalue weighted by molar-refractivity contribution is -0.120. The number of carbonyl (C=O) groups is 2. The predicted octanol–water partition coefficient (Wildman–Crippen LogP) is 0.732. The summed E-state index contributed by atoms with van der Waals surface area (Å²) < 4.78 is 0. The van der Waals surface area contributed by atoms with Crippen LogP contribution in [0.5, 0.6) is 0 Å². The molecule has 0 aromatic carbocycles. The maximum atomic E-state index is 11.6. The first-order chi connectivity index (χ1) is 7.63. The second-order valence-electron chi connectivity index (χ2n) is 3.53. The Morgan fingerprint density at radius 1 is 1.62 bits per heavy atom. The van der Waals surface area contributed by atoms with Crippen LogP contribution in [0.4, 0.5) is 0 Å². The van der Waals surface area contributed by atoms with Crippen LogP contribution < -0.4 is 0 Å². The lowest BCUT2D eigenvalue weighted by Gasteiger charge is -2.10. The molecule has 0 bridgehead atoms. The number of carbonyl (C=O) groups excluding carboxylic acids is 2. The topological polar surface area (TPSA) is 79.2 Å². The summed E-state index contributed by atoms with van der Waals surface area (Å²) in [7, 11) is 1.55. The number of aliphatic imine (C=N–C) groups is 1. The first-order valence-electron chi connectivity index (χ1n) is 4.97. The zero-order valence-electron chi connectivity index (χ0n) is 9.00. The van der Waals surface area contributed by atoms with E-state index in [0.717, 1.165) is 0 Å². The highest BCUT2D eigenvalue weighted by Crippen LogP contribution is 2.08. The molecule has 0 saturated heterocycles. The Morgan fingerprint density at radius 2 is 2.38 bits per heavy atom. The van der Waals surface area contributed by atoms with E-state index in [4.69, 9.17) is 0 Å². The smallest absolute Gasteiger partial charge is 0.269 e. The Labute approximate surface area is 93.0 Å². The summed E-state index contributed by atoms with van der Waals surface area (Å²) in [5.74, 6) is -0.757. The molecule has 1 heterocycles. The van der Waals surface area contributed by atoms with Gasteiger partial charge in [0, 0.05) is 32.3 Å². The van der Waals surface area contributed by atoms with E-state index in [-0.39, 0.29) is 11.7 Å². The van der Waals surface area contributed by atoms with E-state index >= 15 is 0 Å². The van der Waals surface area contributed by atoms with Gasteiger partial charge < -0.3 is 0 Å². The van der Waals surface area contributed by atoms with Gasteiger partial charge >= 0.3 is 0 Å². The van der Waals surface area contributed by atoms with E-state index in [9.17, 15) is 14.5 Å². The SMILES string of the molecule is CN(CCCC(=O)C1C=CC(=O)N=C1)N=O. The quantitative estimate of drug-likeness (QED) is 0.491. The number of allylic oxidation sites excluding steroid dienone is 1. The highest BCUT2D eigenvalue weighted by atomic mass is 16.3. The molecule has 16 heavy (non-hydrogen) atoms. The molecule has 1 atom stereocenters. The van der Waals surface area contributed by atoms with Crippen LogP contribution in [0, 0.1) is 10.8 Å². The Hall–Kier alpha value is -1.85. The molecule has 1 rings (SSSR count). The van der Waals surface area contributed by atoms with Gasteiger partial charge in [-0.05, 0) is 6.42 Å². The first kappa shape index (κ1) is 12.2. The maximum Gasteiger partial charge on any atom is 0.269 e. The van der Waals surface area contributed by atoms with Gasteiger partial charge in [0.1, 0.15) is 5.78 Å². The molecule has 0 N–H and O–H groups in total. The van der Waals surface area contributed by atoms with Crippen molar-refractivity contribution in [1.82, 2.24) is 5.01 Å². The summed E-state index contributed by atoms with van der Waals surface area (Å²) in [6, 6.07) is 0. The third-order valence-electron chi connectivity index (χ3n) is 2.22. The van der Waals surface area contributed by atoms with Crippen molar-refractivity contribution in [3.8, 4) is 0 Å². The Kier molecular flexibility index (Phi) is 4.50. The van der Waals surface area contributed by atoms with Crippen molar-refractivity contribution in [2.24, 2.45) is 16.2 Å². The van der Waals surface area contributed by atoms with Crippen molar-refractivity contribution in [2.45, 2.75) is 12.8 Å². The van der Waals surface area contributed by atoms with Crippen LogP contribution in [-0.2, 0) is 9.59 Å². The van der Waals surface area contributed by atoms with Gasteiger partial charge in [0.2, 0.25) is 0 Å². The van der Waals surface area contributed by atoms with Crippen LogP contribution in [0.2, 0.25) is 0 Å². The number of amides is 1. The monoisotopic (exact) mass is 223 g/mol. The highest BCUT2D eigenvalue weighted by molar-refractivity contribution is 6.05. The number of ketones is 1. The van der Waals surface area contributed by atoms with E-state index < -0.39 is 5.92 Å². The molecule has 0 aromatic heterocycles. The molecule has 86 valence electrons. The normalized spacial score (nSPS) is 18.6. The molecule has 1 aliphatic rings. The van der Waals surface area contributed by atoms with Crippen LogP contribution in [0.25, 0.3) is 0 Å². The van der Waals surface area contributed by atoms with E-state index in [1.165, 1.54) is 17.3 Å². The summed E-state index contributed by atoms with van der Waals surface area (Å²) in [4.78, 5) is 35.9. The van der Waals surface area contributed by atoms with Gasteiger partial charge in [-0.1, -0.05) is 6.08 Å². The van der Waals surface area contributed by atoms with Crippen molar-refractivity contribution in [3.63, 3.8) is 0 Å². The van der Waals surface area contributed by atoms with Gasteiger partial charge in [-0.25, -0.2) is 4.99 Å². The molecule has 0 spiro atoms. The zero-order valence-corrected chi connectivity index (χ0v) is 9.00. The summed E-state index contributed by atoms with van der Waals surface area (Å²) in [5, 5.41) is 3.93. The van der Waals surface area contributed by atoms with Crippen molar-refractivity contribution in [2.75, 3.05) is 13.6 Å². The fourth-order valence-corrected chi connectivity index (χ4v) is 1.31. The first-order valence-corrected chi connectivity index (χ1v) is 4.97. The van der Waals surface area contributed by atoms with Crippen LogP contribution in [0.15, 0.2) is 22.4 Å². The minimum atomic E-state index is -0.410. The number of nitrogens with zero attached hydrogens (tertiary/aromatic N) is 3. The molecule has 0 aliphatic carbocycles. The summed E-state index contributed by atoms with van der Waals surface area (Å²) in [6.45, 7) is 0.446. The maximum absolute atomic E-state index is 11.6. The summed E-state index contributed by atoms with van der Waals surface area (Å²) in [6.07, 6.45) is 5.09. The molecule has 1 aliphatic heterocycles. The van der Waals surface area contributed by atoms with Crippen LogP contribution in [0.1, 0.15) is 12.8 Å². The van der Waals surface area contributed by atoms with Crippen LogP contribution in [0.3, 0.4) is 0 Å². The molecule has 6 heteroatoms. The number of hydrogen-bond donors (Lipinski definition) is 0. The molecular weight excluding hydrogens is 210 g/mol. The Balaban J connectivity index is 2.31. The Bertz CT molecular complexity index is 333. The van der Waals surface area contributed by atoms with Gasteiger partial charge in [0.05, 0.1) is 11.2 Å². The number of rotatable bonds is 6. The van der Waals surface area contributed by atoms with Gasteiger partial charge in [0.15, 0.2) is 0 Å². The molecule has 0 aromatic rings. The molecule has 6 nitrogen and oxygen atoms in total. The van der Waals surface area contributed by atoms with E-state index in [1.807, 2.05) is 0 Å². The van der Waals surface area contributed by atoms with Gasteiger partial charge in [-0.3, -0.25) is 14.6 Å². The van der Waals surface area contributed by atoms with Gasteiger partial charge in [-0.15, -0.1) is 4.91 Å². The van der Waals surface area contributed by atoms with Crippen LogP contribution >= 0.6 is 0 Å². The van der Waals surface area contributed by atoms with Crippen LogP contribution in [-0.4, -0.2) is 36.5 Å². The highest BCUT2D eigenvalue weighted by Gasteiger charge is 2.16.